The van der Waals surface area contributed by atoms with E-state index in [2.05, 4.69) is 67.5 Å². The van der Waals surface area contributed by atoms with Crippen molar-refractivity contribution in [1.82, 2.24) is 36.2 Å². The molecule has 22 heavy (non-hydrogen) atoms. The number of rotatable bonds is 4. The van der Waals surface area contributed by atoms with Crippen LogP contribution < -0.4 is 10.6 Å². The van der Waals surface area contributed by atoms with Gasteiger partial charge in [-0.25, -0.2) is 4.79 Å². The molecule has 2 aromatic rings. The van der Waals surface area contributed by atoms with Gasteiger partial charge in [-0.2, -0.15) is 5.21 Å². The number of carbonyl (C=O) groups excluding carboxylic acids is 1. The van der Waals surface area contributed by atoms with Crippen LogP contribution in [0.2, 0.25) is 0 Å². The number of urea groups is 1. The van der Waals surface area contributed by atoms with Gasteiger partial charge in [-0.15, -0.1) is 10.2 Å². The lowest BCUT2D eigenvalue weighted by Gasteiger charge is -2.34. The lowest BCUT2D eigenvalue weighted by Crippen LogP contribution is -2.47. The van der Waals surface area contributed by atoms with Crippen LogP contribution in [0.5, 0.6) is 0 Å². The molecule has 0 saturated heterocycles. The second kappa shape index (κ2) is 6.52. The van der Waals surface area contributed by atoms with Gasteiger partial charge in [-0.1, -0.05) is 29.5 Å². The number of carbonyl (C=O) groups is 1. The third kappa shape index (κ3) is 3.40. The fourth-order valence-corrected chi connectivity index (χ4v) is 2.64. The number of hydrogen-bond acceptors (Lipinski definition) is 5. The van der Waals surface area contributed by atoms with Crippen LogP contribution in [-0.2, 0) is 19.5 Å². The van der Waals surface area contributed by atoms with Crippen LogP contribution in [0.3, 0.4) is 0 Å². The number of nitrogens with one attached hydrogen (secondary N) is 3. The zero-order valence-corrected chi connectivity index (χ0v) is 12.4. The standard InChI is InChI=1S/C14H19N7O/c1-21-9-11-5-3-2-4-10(11)6-12(21)7-15-14(22)16-8-13-17-19-20-18-13/h2-5,12H,6-9H2,1H3,(H2,15,16,22)(H,17,18,19,20). The van der Waals surface area contributed by atoms with E-state index in [-0.39, 0.29) is 12.6 Å². The number of H-pyrrole nitrogens is 1. The van der Waals surface area contributed by atoms with Crippen LogP contribution in [0.25, 0.3) is 0 Å². The van der Waals surface area contributed by atoms with Crippen molar-refractivity contribution in [2.45, 2.75) is 25.6 Å². The third-order valence-corrected chi connectivity index (χ3v) is 3.91. The molecule has 0 bridgehead atoms. The highest BCUT2D eigenvalue weighted by molar-refractivity contribution is 5.73. The molecule has 1 aliphatic rings. The van der Waals surface area contributed by atoms with Gasteiger partial charge >= 0.3 is 6.03 Å². The summed E-state index contributed by atoms with van der Waals surface area (Å²) in [5.41, 5.74) is 2.72. The number of likely N-dealkylation sites (N-methyl/N-ethyl adjacent to an activating group) is 1. The minimum atomic E-state index is -0.225. The molecule has 0 radical (unpaired) electrons. The Hall–Kier alpha value is -2.48. The highest BCUT2D eigenvalue weighted by Crippen LogP contribution is 2.21. The van der Waals surface area contributed by atoms with Crippen molar-refractivity contribution in [2.75, 3.05) is 13.6 Å². The molecule has 0 spiro atoms. The van der Waals surface area contributed by atoms with Crippen molar-refractivity contribution < 1.29 is 4.79 Å². The van der Waals surface area contributed by atoms with Crippen molar-refractivity contribution in [3.8, 4) is 0 Å². The zero-order valence-electron chi connectivity index (χ0n) is 12.4. The lowest BCUT2D eigenvalue weighted by atomic mass is 9.94. The molecule has 1 aromatic carbocycles. The minimum Gasteiger partial charge on any atom is -0.337 e. The second-order valence-electron chi connectivity index (χ2n) is 5.43. The van der Waals surface area contributed by atoms with E-state index < -0.39 is 0 Å². The van der Waals surface area contributed by atoms with Crippen LogP contribution in [-0.4, -0.2) is 51.2 Å². The van der Waals surface area contributed by atoms with Crippen molar-refractivity contribution in [3.63, 3.8) is 0 Å². The second-order valence-corrected chi connectivity index (χ2v) is 5.43. The Morgan fingerprint density at radius 3 is 2.95 bits per heavy atom. The smallest absolute Gasteiger partial charge is 0.315 e. The molecule has 0 saturated carbocycles. The lowest BCUT2D eigenvalue weighted by molar-refractivity contribution is 0.203. The predicted molar refractivity (Wildman–Crippen MR) is 79.8 cm³/mol. The molecule has 0 fully saturated rings. The topological polar surface area (TPSA) is 98.8 Å². The summed E-state index contributed by atoms with van der Waals surface area (Å²) in [5, 5.41) is 18.9. The third-order valence-electron chi connectivity index (χ3n) is 3.91. The number of nitrogens with zero attached hydrogens (tertiary/aromatic N) is 4. The SMILES string of the molecule is CN1Cc2ccccc2CC1CNC(=O)NCc1nn[nH]n1. The Balaban J connectivity index is 1.48. The van der Waals surface area contributed by atoms with Crippen LogP contribution in [0.15, 0.2) is 24.3 Å². The van der Waals surface area contributed by atoms with Crippen LogP contribution in [0.4, 0.5) is 4.79 Å². The molecule has 3 N–H and O–H groups in total. The Morgan fingerprint density at radius 2 is 2.18 bits per heavy atom. The summed E-state index contributed by atoms with van der Waals surface area (Å²) in [4.78, 5) is 14.1. The van der Waals surface area contributed by atoms with Gasteiger partial charge in [0.1, 0.15) is 0 Å². The fraction of sp³-hybridized carbons (Fsp3) is 0.429. The molecule has 1 unspecified atom stereocenters. The van der Waals surface area contributed by atoms with Crippen molar-refractivity contribution in [3.05, 3.63) is 41.2 Å². The molecule has 1 aliphatic heterocycles. The van der Waals surface area contributed by atoms with E-state index >= 15 is 0 Å². The summed E-state index contributed by atoms with van der Waals surface area (Å²) >= 11 is 0. The summed E-state index contributed by atoms with van der Waals surface area (Å²) in [6, 6.07) is 8.52. The van der Waals surface area contributed by atoms with Crippen molar-refractivity contribution in [1.29, 1.82) is 0 Å². The molecule has 2 heterocycles. The zero-order chi connectivity index (χ0) is 15.4. The number of tetrazole rings is 1. The predicted octanol–water partition coefficient (Wildman–Crippen LogP) is 0.0556. The van der Waals surface area contributed by atoms with Gasteiger partial charge in [0, 0.05) is 19.1 Å². The summed E-state index contributed by atoms with van der Waals surface area (Å²) in [6.45, 7) is 1.77. The first-order chi connectivity index (χ1) is 10.7. The number of aromatic amines is 1. The minimum absolute atomic E-state index is 0.225. The summed E-state index contributed by atoms with van der Waals surface area (Å²) in [6.07, 6.45) is 0.942. The first-order valence-electron chi connectivity index (χ1n) is 7.23. The molecule has 0 aliphatic carbocycles. The van der Waals surface area contributed by atoms with E-state index in [1.165, 1.54) is 11.1 Å². The number of amides is 2. The van der Waals surface area contributed by atoms with Crippen LogP contribution in [0, 0.1) is 0 Å². The van der Waals surface area contributed by atoms with E-state index in [4.69, 9.17) is 0 Å². The van der Waals surface area contributed by atoms with E-state index in [9.17, 15) is 4.79 Å². The number of fused-ring (bicyclic) bond motifs is 1. The first kappa shape index (κ1) is 14.5. The molecule has 2 amide bonds. The molecule has 1 aromatic heterocycles. The normalized spacial score (nSPS) is 17.8. The maximum Gasteiger partial charge on any atom is 0.315 e. The number of benzene rings is 1. The van der Waals surface area contributed by atoms with E-state index in [1.807, 2.05) is 0 Å². The van der Waals surface area contributed by atoms with Crippen LogP contribution in [0.1, 0.15) is 17.0 Å². The molecule has 8 nitrogen and oxygen atoms in total. The van der Waals surface area contributed by atoms with Gasteiger partial charge in [-0.3, -0.25) is 4.90 Å². The van der Waals surface area contributed by atoms with E-state index in [0.717, 1.165) is 13.0 Å². The van der Waals surface area contributed by atoms with Crippen molar-refractivity contribution >= 4 is 6.03 Å². The molecule has 116 valence electrons. The average molecular weight is 301 g/mol. The van der Waals surface area contributed by atoms with E-state index in [1.54, 1.807) is 0 Å². The summed E-state index contributed by atoms with van der Waals surface area (Å²) in [5.74, 6) is 0.457. The summed E-state index contributed by atoms with van der Waals surface area (Å²) < 4.78 is 0. The molecular formula is C14H19N7O. The van der Waals surface area contributed by atoms with Gasteiger partial charge in [0.15, 0.2) is 5.82 Å². The highest BCUT2D eigenvalue weighted by Gasteiger charge is 2.23. The largest absolute Gasteiger partial charge is 0.337 e. The van der Waals surface area contributed by atoms with Gasteiger partial charge in [0.2, 0.25) is 0 Å². The molecule has 3 rings (SSSR count). The maximum absolute atomic E-state index is 11.8. The van der Waals surface area contributed by atoms with E-state index in [0.29, 0.717) is 18.4 Å². The molecular weight excluding hydrogens is 282 g/mol. The number of hydrogen-bond donors (Lipinski definition) is 3. The molecule has 1 atom stereocenters. The number of aromatic nitrogens is 4. The Bertz CT molecular complexity index is 628. The Kier molecular flexibility index (Phi) is 4.29. The Morgan fingerprint density at radius 1 is 1.36 bits per heavy atom. The van der Waals surface area contributed by atoms with Gasteiger partial charge in [0.05, 0.1) is 6.54 Å². The molecule has 8 heteroatoms. The highest BCUT2D eigenvalue weighted by atomic mass is 16.2. The summed E-state index contributed by atoms with van der Waals surface area (Å²) in [7, 11) is 2.08. The average Bonchev–Trinajstić information content (AvgIpc) is 3.04. The quantitative estimate of drug-likeness (QED) is 0.741. The van der Waals surface area contributed by atoms with Gasteiger partial charge in [0.25, 0.3) is 0 Å². The monoisotopic (exact) mass is 301 g/mol. The van der Waals surface area contributed by atoms with Gasteiger partial charge < -0.3 is 10.6 Å². The van der Waals surface area contributed by atoms with Crippen molar-refractivity contribution in [2.24, 2.45) is 0 Å². The Labute approximate surface area is 128 Å². The van der Waals surface area contributed by atoms with Crippen LogP contribution >= 0.6 is 0 Å². The first-order valence-corrected chi connectivity index (χ1v) is 7.23. The van der Waals surface area contributed by atoms with Gasteiger partial charge in [-0.05, 0) is 24.6 Å². The maximum atomic E-state index is 11.8. The fourth-order valence-electron chi connectivity index (χ4n) is 2.64.